The van der Waals surface area contributed by atoms with Crippen molar-refractivity contribution in [3.05, 3.63) is 66.7 Å². The first-order chi connectivity index (χ1) is 15.0. The monoisotopic (exact) mass is 502 g/mol. The van der Waals surface area contributed by atoms with E-state index in [0.717, 1.165) is 9.15 Å². The summed E-state index contributed by atoms with van der Waals surface area (Å²) in [5.41, 5.74) is 0.129. The molecule has 3 aromatic rings. The quantitative estimate of drug-likeness (QED) is 0.274. The number of aryl methyl sites for hydroxylation is 1. The molecule has 0 atom stereocenters. The molecular formula is C22H23BrN4O5. The van der Waals surface area contributed by atoms with Gasteiger partial charge in [-0.1, -0.05) is 36.7 Å². The average Bonchev–Trinajstić information content (AvgIpc) is 2.71. The Hall–Kier alpha value is -3.27. The number of methoxy groups -OCH3 is 1. The third-order valence-electron chi connectivity index (χ3n) is 4.42. The Balaban J connectivity index is 2.06. The molecule has 0 unspecified atom stereocenters. The van der Waals surface area contributed by atoms with Crippen LogP contribution in [0.2, 0.25) is 0 Å². The van der Waals surface area contributed by atoms with E-state index >= 15 is 0 Å². The van der Waals surface area contributed by atoms with E-state index in [1.165, 1.54) is 19.4 Å². The van der Waals surface area contributed by atoms with Crippen molar-refractivity contribution < 1.29 is 14.4 Å². The van der Waals surface area contributed by atoms with Gasteiger partial charge in [0.2, 0.25) is 5.75 Å². The molecule has 1 aromatic heterocycles. The number of benzene rings is 2. The van der Waals surface area contributed by atoms with Crippen molar-refractivity contribution >= 4 is 38.7 Å². The van der Waals surface area contributed by atoms with Crippen molar-refractivity contribution in [2.75, 3.05) is 13.7 Å². The minimum Gasteiger partial charge on any atom is -0.493 e. The lowest BCUT2D eigenvalue weighted by Crippen LogP contribution is -2.20. The lowest BCUT2D eigenvalue weighted by molar-refractivity contribution is -0.386. The highest BCUT2D eigenvalue weighted by molar-refractivity contribution is 9.10. The highest BCUT2D eigenvalue weighted by Gasteiger charge is 2.24. The van der Waals surface area contributed by atoms with Gasteiger partial charge in [0.1, 0.15) is 5.82 Å². The molecule has 3 rings (SSSR count). The van der Waals surface area contributed by atoms with Crippen molar-refractivity contribution in [2.24, 2.45) is 10.5 Å². The molecule has 168 valence electrons. The predicted octanol–water partition coefficient (Wildman–Crippen LogP) is 4.69. The van der Waals surface area contributed by atoms with Gasteiger partial charge >= 0.3 is 5.69 Å². The summed E-state index contributed by atoms with van der Waals surface area (Å²) >= 11 is 3.35. The SMILES string of the molecule is COc1cc(C=Nn2c(C)nc3ccc(Br)cc3c2=O)cc([N+](=O)[O-])c1OCC(C)(C)C. The van der Waals surface area contributed by atoms with Gasteiger partial charge in [-0.05, 0) is 36.6 Å². The minimum absolute atomic E-state index is 0.0511. The summed E-state index contributed by atoms with van der Waals surface area (Å²) < 4.78 is 12.9. The van der Waals surface area contributed by atoms with Gasteiger partial charge in [-0.25, -0.2) is 4.98 Å². The fourth-order valence-electron chi connectivity index (χ4n) is 2.92. The Labute approximate surface area is 193 Å². The number of aromatic nitrogens is 2. The highest BCUT2D eigenvalue weighted by atomic mass is 79.9. The number of nitro benzene ring substituents is 1. The number of fused-ring (bicyclic) bond motifs is 1. The molecule has 0 N–H and O–H groups in total. The second-order valence-electron chi connectivity index (χ2n) is 8.36. The normalized spacial score (nSPS) is 11.8. The van der Waals surface area contributed by atoms with Crippen molar-refractivity contribution in [3.63, 3.8) is 0 Å². The smallest absolute Gasteiger partial charge is 0.315 e. The predicted molar refractivity (Wildman–Crippen MR) is 126 cm³/mol. The summed E-state index contributed by atoms with van der Waals surface area (Å²) in [6.45, 7) is 7.81. The van der Waals surface area contributed by atoms with E-state index in [2.05, 4.69) is 26.0 Å². The first-order valence-corrected chi connectivity index (χ1v) is 10.5. The summed E-state index contributed by atoms with van der Waals surface area (Å²) in [5, 5.41) is 16.3. The molecule has 9 nitrogen and oxygen atoms in total. The molecule has 0 saturated carbocycles. The van der Waals surface area contributed by atoms with E-state index in [0.29, 0.717) is 22.3 Å². The number of ether oxygens (including phenoxy) is 2. The van der Waals surface area contributed by atoms with E-state index in [4.69, 9.17) is 9.47 Å². The fraction of sp³-hybridized carbons (Fsp3) is 0.318. The molecule has 0 fully saturated rings. The van der Waals surface area contributed by atoms with E-state index in [-0.39, 0.29) is 34.8 Å². The summed E-state index contributed by atoms with van der Waals surface area (Å²) in [7, 11) is 1.41. The van der Waals surface area contributed by atoms with Gasteiger partial charge in [0.25, 0.3) is 5.56 Å². The Morgan fingerprint density at radius 1 is 1.28 bits per heavy atom. The summed E-state index contributed by atoms with van der Waals surface area (Å²) in [6, 6.07) is 8.11. The molecule has 0 aliphatic carbocycles. The van der Waals surface area contributed by atoms with Crippen molar-refractivity contribution in [2.45, 2.75) is 27.7 Å². The number of rotatable bonds is 6. The Bertz CT molecular complexity index is 1280. The molecular weight excluding hydrogens is 480 g/mol. The average molecular weight is 503 g/mol. The first-order valence-electron chi connectivity index (χ1n) is 9.72. The molecule has 2 aromatic carbocycles. The summed E-state index contributed by atoms with van der Waals surface area (Å²) in [5.74, 6) is 0.636. The zero-order chi connectivity index (χ0) is 23.6. The lowest BCUT2D eigenvalue weighted by Gasteiger charge is -2.20. The van der Waals surface area contributed by atoms with Gasteiger partial charge in [0.05, 0.1) is 35.8 Å². The maximum absolute atomic E-state index is 12.9. The van der Waals surface area contributed by atoms with Crippen molar-refractivity contribution in [1.82, 2.24) is 9.66 Å². The molecule has 0 aliphatic heterocycles. The molecule has 0 saturated heterocycles. The molecule has 0 bridgehead atoms. The number of hydrogen-bond donors (Lipinski definition) is 0. The maximum atomic E-state index is 12.9. The zero-order valence-corrected chi connectivity index (χ0v) is 20.0. The molecule has 10 heteroatoms. The van der Waals surface area contributed by atoms with Gasteiger partial charge < -0.3 is 9.47 Å². The standard InChI is InChI=1S/C22H23BrN4O5/c1-13-25-17-7-6-15(23)10-16(17)21(28)26(13)24-11-14-8-18(27(29)30)20(19(9-14)31-5)32-12-22(2,3)4/h6-11H,12H2,1-5H3. The van der Waals surface area contributed by atoms with Crippen LogP contribution in [-0.2, 0) is 0 Å². The second kappa shape index (κ2) is 9.07. The van der Waals surface area contributed by atoms with Gasteiger partial charge in [-0.2, -0.15) is 9.78 Å². The topological polar surface area (TPSA) is 109 Å². The third-order valence-corrected chi connectivity index (χ3v) is 4.91. The maximum Gasteiger partial charge on any atom is 0.315 e. The van der Waals surface area contributed by atoms with Crippen LogP contribution in [0.5, 0.6) is 11.5 Å². The number of nitro groups is 1. The van der Waals surface area contributed by atoms with Crippen LogP contribution < -0.4 is 15.0 Å². The highest BCUT2D eigenvalue weighted by Crippen LogP contribution is 2.38. The molecule has 0 amide bonds. The minimum atomic E-state index is -0.537. The Kier molecular flexibility index (Phi) is 6.63. The molecule has 0 radical (unpaired) electrons. The van der Waals surface area contributed by atoms with Crippen molar-refractivity contribution in [1.29, 1.82) is 0 Å². The lowest BCUT2D eigenvalue weighted by atomic mass is 9.98. The first kappa shape index (κ1) is 23.4. The van der Waals surface area contributed by atoms with E-state index in [1.807, 2.05) is 20.8 Å². The van der Waals surface area contributed by atoms with Crippen LogP contribution in [0, 0.1) is 22.5 Å². The van der Waals surface area contributed by atoms with Crippen LogP contribution in [0.25, 0.3) is 10.9 Å². The van der Waals surface area contributed by atoms with Crippen LogP contribution in [0.15, 0.2) is 44.7 Å². The van der Waals surface area contributed by atoms with Crippen LogP contribution in [0.1, 0.15) is 32.2 Å². The van der Waals surface area contributed by atoms with E-state index in [1.54, 1.807) is 31.2 Å². The van der Waals surface area contributed by atoms with Crippen LogP contribution in [-0.4, -0.2) is 34.5 Å². The Morgan fingerprint density at radius 2 is 2.00 bits per heavy atom. The van der Waals surface area contributed by atoms with E-state index in [9.17, 15) is 14.9 Å². The van der Waals surface area contributed by atoms with Crippen molar-refractivity contribution in [3.8, 4) is 11.5 Å². The molecule has 0 aliphatic rings. The number of hydrogen-bond acceptors (Lipinski definition) is 7. The molecule has 0 spiro atoms. The zero-order valence-electron chi connectivity index (χ0n) is 18.4. The largest absolute Gasteiger partial charge is 0.493 e. The van der Waals surface area contributed by atoms with Crippen LogP contribution in [0.3, 0.4) is 0 Å². The molecule has 32 heavy (non-hydrogen) atoms. The summed E-state index contributed by atoms with van der Waals surface area (Å²) in [4.78, 5) is 28.4. The summed E-state index contributed by atoms with van der Waals surface area (Å²) in [6.07, 6.45) is 1.35. The molecule has 1 heterocycles. The van der Waals surface area contributed by atoms with E-state index < -0.39 is 4.92 Å². The van der Waals surface area contributed by atoms with Crippen LogP contribution >= 0.6 is 15.9 Å². The Morgan fingerprint density at radius 3 is 2.62 bits per heavy atom. The van der Waals surface area contributed by atoms with Gasteiger partial charge in [0.15, 0.2) is 5.75 Å². The van der Waals surface area contributed by atoms with Gasteiger partial charge in [-0.3, -0.25) is 14.9 Å². The number of halogens is 1. The van der Waals surface area contributed by atoms with Gasteiger partial charge in [-0.15, -0.1) is 0 Å². The second-order valence-corrected chi connectivity index (χ2v) is 9.28. The number of nitrogens with zero attached hydrogens (tertiary/aromatic N) is 4. The van der Waals surface area contributed by atoms with Crippen LogP contribution in [0.4, 0.5) is 5.69 Å². The van der Waals surface area contributed by atoms with Gasteiger partial charge in [0, 0.05) is 16.1 Å². The third kappa shape index (κ3) is 5.13. The fourth-order valence-corrected chi connectivity index (χ4v) is 3.29.